The van der Waals surface area contributed by atoms with Gasteiger partial charge in [-0.15, -0.1) is 0 Å². The number of nitrogens with one attached hydrogen (secondary N) is 1. The second-order valence-electron chi connectivity index (χ2n) is 6.65. The van der Waals surface area contributed by atoms with Crippen LogP contribution in [0.4, 0.5) is 0 Å². The highest BCUT2D eigenvalue weighted by Gasteiger charge is 2.30. The maximum Gasteiger partial charge on any atom is 0.307 e. The number of carbonyl (C=O) groups excluding carboxylic acids is 1. The molecule has 1 amide bonds. The number of benzene rings is 1. The highest BCUT2D eigenvalue weighted by molar-refractivity contribution is 6.30. The normalized spacial score (nSPS) is 22.8. The highest BCUT2D eigenvalue weighted by Crippen LogP contribution is 2.22. The van der Waals surface area contributed by atoms with E-state index in [1.165, 1.54) is 0 Å². The first-order valence-corrected chi connectivity index (χ1v) is 8.76. The Balaban J connectivity index is 1.93. The summed E-state index contributed by atoms with van der Waals surface area (Å²) < 4.78 is 0. The first-order chi connectivity index (χ1) is 11.4. The van der Waals surface area contributed by atoms with Gasteiger partial charge in [0, 0.05) is 18.1 Å². The number of likely N-dealkylation sites (tertiary alicyclic amines) is 1. The summed E-state index contributed by atoms with van der Waals surface area (Å²) in [5, 5.41) is 12.9. The van der Waals surface area contributed by atoms with Gasteiger partial charge < -0.3 is 10.4 Å². The fourth-order valence-corrected chi connectivity index (χ4v) is 3.46. The smallest absolute Gasteiger partial charge is 0.307 e. The van der Waals surface area contributed by atoms with Crippen molar-refractivity contribution in [1.82, 2.24) is 10.2 Å². The average Bonchev–Trinajstić information content (AvgIpc) is 2.53. The third kappa shape index (κ3) is 5.21. The average molecular weight is 353 g/mol. The summed E-state index contributed by atoms with van der Waals surface area (Å²) in [5.74, 6) is -0.958. The van der Waals surface area contributed by atoms with E-state index in [9.17, 15) is 14.7 Å². The molecule has 1 heterocycles. The maximum absolute atomic E-state index is 12.4. The van der Waals surface area contributed by atoms with Crippen molar-refractivity contribution in [3.63, 3.8) is 0 Å². The zero-order chi connectivity index (χ0) is 17.7. The molecule has 3 unspecified atom stereocenters. The molecule has 0 saturated carbocycles. The molecule has 2 rings (SSSR count). The first kappa shape index (κ1) is 18.7. The fourth-order valence-electron chi connectivity index (χ4n) is 3.33. The number of nitrogens with zero attached hydrogens (tertiary/aromatic N) is 1. The van der Waals surface area contributed by atoms with E-state index < -0.39 is 5.97 Å². The molecule has 1 saturated heterocycles. The van der Waals surface area contributed by atoms with Crippen LogP contribution in [0.1, 0.15) is 38.3 Å². The van der Waals surface area contributed by atoms with Gasteiger partial charge in [0.25, 0.3) is 0 Å². The molecular weight excluding hydrogens is 328 g/mol. The number of hydrogen-bond acceptors (Lipinski definition) is 3. The molecule has 2 N–H and O–H groups in total. The van der Waals surface area contributed by atoms with Crippen molar-refractivity contribution in [2.75, 3.05) is 19.6 Å². The molecule has 1 fully saturated rings. The van der Waals surface area contributed by atoms with Crippen molar-refractivity contribution < 1.29 is 14.7 Å². The largest absolute Gasteiger partial charge is 0.481 e. The summed E-state index contributed by atoms with van der Waals surface area (Å²) in [7, 11) is 0. The summed E-state index contributed by atoms with van der Waals surface area (Å²) in [6.45, 7) is 5.48. The molecule has 1 aliphatic heterocycles. The van der Waals surface area contributed by atoms with E-state index in [0.717, 1.165) is 18.5 Å². The van der Waals surface area contributed by atoms with Gasteiger partial charge in [-0.1, -0.05) is 37.6 Å². The minimum Gasteiger partial charge on any atom is -0.481 e. The van der Waals surface area contributed by atoms with Gasteiger partial charge in [0.05, 0.1) is 18.5 Å². The lowest BCUT2D eigenvalue weighted by Crippen LogP contribution is -2.47. The first-order valence-electron chi connectivity index (χ1n) is 8.39. The predicted octanol–water partition coefficient (Wildman–Crippen LogP) is 2.95. The second-order valence-corrected chi connectivity index (χ2v) is 7.09. The van der Waals surface area contributed by atoms with Crippen LogP contribution in [0.3, 0.4) is 0 Å². The molecule has 0 radical (unpaired) electrons. The van der Waals surface area contributed by atoms with Gasteiger partial charge in [-0.3, -0.25) is 14.5 Å². The van der Waals surface area contributed by atoms with Crippen molar-refractivity contribution in [1.29, 1.82) is 0 Å². The Morgan fingerprint density at radius 3 is 2.58 bits per heavy atom. The maximum atomic E-state index is 12.4. The quantitative estimate of drug-likeness (QED) is 0.825. The number of carbonyl (C=O) groups is 2. The summed E-state index contributed by atoms with van der Waals surface area (Å²) in [5.41, 5.74) is 1.02. The lowest BCUT2D eigenvalue weighted by Gasteiger charge is -2.34. The number of carboxylic acids is 1. The summed E-state index contributed by atoms with van der Waals surface area (Å²) in [6.07, 6.45) is 1.46. The van der Waals surface area contributed by atoms with Crippen molar-refractivity contribution in [3.8, 4) is 0 Å². The van der Waals surface area contributed by atoms with E-state index >= 15 is 0 Å². The number of halogens is 1. The van der Waals surface area contributed by atoms with Crippen LogP contribution in [0.15, 0.2) is 24.3 Å². The van der Waals surface area contributed by atoms with Crippen molar-refractivity contribution >= 4 is 23.5 Å². The second kappa shape index (κ2) is 8.49. The number of hydrogen-bond donors (Lipinski definition) is 2. The molecule has 1 aromatic carbocycles. The van der Waals surface area contributed by atoms with E-state index in [1.54, 1.807) is 0 Å². The van der Waals surface area contributed by atoms with Gasteiger partial charge in [-0.05, 0) is 36.5 Å². The van der Waals surface area contributed by atoms with Gasteiger partial charge in [-0.25, -0.2) is 0 Å². The molecule has 0 spiro atoms. The van der Waals surface area contributed by atoms with Crippen LogP contribution in [0.25, 0.3) is 0 Å². The Morgan fingerprint density at radius 1 is 1.33 bits per heavy atom. The number of rotatable bonds is 6. The van der Waals surface area contributed by atoms with E-state index in [1.807, 2.05) is 43.0 Å². The van der Waals surface area contributed by atoms with Crippen LogP contribution in [0, 0.1) is 11.8 Å². The highest BCUT2D eigenvalue weighted by atomic mass is 35.5. The molecule has 3 atom stereocenters. The molecule has 0 aromatic heterocycles. The van der Waals surface area contributed by atoms with Crippen LogP contribution in [0.2, 0.25) is 5.02 Å². The fraction of sp³-hybridized carbons (Fsp3) is 0.556. The van der Waals surface area contributed by atoms with E-state index in [-0.39, 0.29) is 30.3 Å². The topological polar surface area (TPSA) is 69.6 Å². The lowest BCUT2D eigenvalue weighted by atomic mass is 9.90. The van der Waals surface area contributed by atoms with Gasteiger partial charge in [-0.2, -0.15) is 0 Å². The van der Waals surface area contributed by atoms with E-state index in [0.29, 0.717) is 18.0 Å². The minimum atomic E-state index is -0.778. The Morgan fingerprint density at radius 2 is 2.00 bits per heavy atom. The zero-order valence-electron chi connectivity index (χ0n) is 14.2. The van der Waals surface area contributed by atoms with Crippen molar-refractivity contribution in [3.05, 3.63) is 34.9 Å². The standard InChI is InChI=1S/C18H25ClN2O3/c1-3-16(13-4-6-15(19)7-5-13)20-17(22)11-21-9-12(2)8-14(10-21)18(23)24/h4-7,12,14,16H,3,8-11H2,1-2H3,(H,20,22)(H,23,24). The van der Waals surface area contributed by atoms with Gasteiger partial charge in [0.2, 0.25) is 5.91 Å². The van der Waals surface area contributed by atoms with Crippen LogP contribution >= 0.6 is 11.6 Å². The van der Waals surface area contributed by atoms with Gasteiger partial charge >= 0.3 is 5.97 Å². The van der Waals surface area contributed by atoms with Gasteiger partial charge in [0.1, 0.15) is 0 Å². The number of piperidine rings is 1. The molecule has 1 aliphatic rings. The summed E-state index contributed by atoms with van der Waals surface area (Å²) in [4.78, 5) is 25.5. The van der Waals surface area contributed by atoms with E-state index in [2.05, 4.69) is 5.32 Å². The molecule has 24 heavy (non-hydrogen) atoms. The number of amides is 1. The van der Waals surface area contributed by atoms with Crippen LogP contribution < -0.4 is 5.32 Å². The summed E-state index contributed by atoms with van der Waals surface area (Å²) >= 11 is 5.90. The molecule has 5 nitrogen and oxygen atoms in total. The molecule has 1 aromatic rings. The van der Waals surface area contributed by atoms with Crippen molar-refractivity contribution in [2.24, 2.45) is 11.8 Å². The number of carboxylic acid groups (broad SMARTS) is 1. The molecule has 6 heteroatoms. The Bertz CT molecular complexity index is 576. The Kier molecular flexibility index (Phi) is 6.63. The third-order valence-electron chi connectivity index (χ3n) is 4.47. The lowest BCUT2D eigenvalue weighted by molar-refractivity contribution is -0.145. The monoisotopic (exact) mass is 352 g/mol. The van der Waals surface area contributed by atoms with Crippen LogP contribution in [-0.2, 0) is 9.59 Å². The molecular formula is C18H25ClN2O3. The third-order valence-corrected chi connectivity index (χ3v) is 4.72. The summed E-state index contributed by atoms with van der Waals surface area (Å²) in [6, 6.07) is 7.40. The van der Waals surface area contributed by atoms with Crippen molar-refractivity contribution in [2.45, 2.75) is 32.7 Å². The minimum absolute atomic E-state index is 0.0627. The van der Waals surface area contributed by atoms with Crippen LogP contribution in [-0.4, -0.2) is 41.5 Å². The van der Waals surface area contributed by atoms with Gasteiger partial charge in [0.15, 0.2) is 0 Å². The predicted molar refractivity (Wildman–Crippen MR) is 94.0 cm³/mol. The van der Waals surface area contributed by atoms with Crippen LogP contribution in [0.5, 0.6) is 0 Å². The Hall–Kier alpha value is -1.59. The molecule has 132 valence electrons. The molecule has 0 bridgehead atoms. The Labute approximate surface area is 148 Å². The SMILES string of the molecule is CCC(NC(=O)CN1CC(C)CC(C(=O)O)C1)c1ccc(Cl)cc1. The van der Waals surface area contributed by atoms with E-state index in [4.69, 9.17) is 11.6 Å². The number of aliphatic carboxylic acids is 1. The molecule has 0 aliphatic carbocycles. The zero-order valence-corrected chi connectivity index (χ0v) is 14.9.